The summed E-state index contributed by atoms with van der Waals surface area (Å²) in [4.78, 5) is 11.8. The maximum atomic E-state index is 11.8. The highest BCUT2D eigenvalue weighted by molar-refractivity contribution is 7.88. The number of carbonyl (C=O) groups is 1. The molecule has 0 aliphatic rings. The van der Waals surface area contributed by atoms with Crippen LogP contribution in [0.15, 0.2) is 42.7 Å². The van der Waals surface area contributed by atoms with Crippen molar-refractivity contribution in [1.82, 2.24) is 25.1 Å². The predicted octanol–water partition coefficient (Wildman–Crippen LogP) is 0.280. The van der Waals surface area contributed by atoms with Crippen LogP contribution < -0.4 is 15.4 Å². The van der Waals surface area contributed by atoms with Gasteiger partial charge in [0.2, 0.25) is 10.0 Å². The molecule has 1 aromatic heterocycles. The molecule has 0 bridgehead atoms. The number of carbonyl (C=O) groups excluding carboxylic acids is 1. The number of amides is 2. The molecule has 1 heterocycles. The van der Waals surface area contributed by atoms with Gasteiger partial charge in [0.05, 0.1) is 12.8 Å². The highest BCUT2D eigenvalue weighted by atomic mass is 32.2. The maximum absolute atomic E-state index is 11.8. The van der Waals surface area contributed by atoms with Gasteiger partial charge in [0.25, 0.3) is 0 Å². The second-order valence-corrected chi connectivity index (χ2v) is 7.08. The van der Waals surface area contributed by atoms with Crippen LogP contribution in [0, 0.1) is 0 Å². The van der Waals surface area contributed by atoms with Crippen LogP contribution in [0.1, 0.15) is 11.1 Å². The summed E-state index contributed by atoms with van der Waals surface area (Å²) in [7, 11) is -3.24. The first-order valence-electron chi connectivity index (χ1n) is 7.44. The highest BCUT2D eigenvalue weighted by Gasteiger charge is 2.06. The van der Waals surface area contributed by atoms with Gasteiger partial charge in [-0.2, -0.15) is 5.10 Å². The number of urea groups is 1. The van der Waals surface area contributed by atoms with Gasteiger partial charge in [-0.15, -0.1) is 0 Å². The first-order valence-corrected chi connectivity index (χ1v) is 9.34. The maximum Gasteiger partial charge on any atom is 0.315 e. The molecule has 0 radical (unpaired) electrons. The zero-order chi connectivity index (χ0) is 17.4. The minimum Gasteiger partial charge on any atom is -0.337 e. The molecular weight excluding hydrogens is 330 g/mol. The van der Waals surface area contributed by atoms with E-state index in [4.69, 9.17) is 0 Å². The monoisotopic (exact) mass is 351 g/mol. The van der Waals surface area contributed by atoms with Gasteiger partial charge in [-0.25, -0.2) is 17.9 Å². The van der Waals surface area contributed by atoms with Gasteiger partial charge in [0.1, 0.15) is 0 Å². The number of nitrogens with one attached hydrogen (secondary N) is 3. The lowest BCUT2D eigenvalue weighted by molar-refractivity contribution is 0.240. The van der Waals surface area contributed by atoms with E-state index in [0.717, 1.165) is 17.4 Å². The summed E-state index contributed by atoms with van der Waals surface area (Å²) < 4.78 is 25.9. The number of hydrogen-bond acceptors (Lipinski definition) is 4. The molecule has 0 fully saturated rings. The molecule has 2 aromatic rings. The molecule has 0 saturated carbocycles. The largest absolute Gasteiger partial charge is 0.337 e. The van der Waals surface area contributed by atoms with E-state index in [9.17, 15) is 13.2 Å². The van der Waals surface area contributed by atoms with Crippen molar-refractivity contribution in [2.24, 2.45) is 0 Å². The fourth-order valence-corrected chi connectivity index (χ4v) is 2.58. The van der Waals surface area contributed by atoms with Crippen LogP contribution in [0.5, 0.6) is 0 Å². The molecule has 2 amide bonds. The van der Waals surface area contributed by atoms with E-state index in [1.54, 1.807) is 6.20 Å². The third-order valence-electron chi connectivity index (χ3n) is 3.22. The number of rotatable bonds is 8. The standard InChI is InChI=1S/C15H21N5O3S/c1-24(22,23)19-9-8-16-15(21)17-11-13-5-2-3-6-14(13)12-20-10-4-7-18-20/h2-7,10,19H,8-9,11-12H2,1H3,(H2,16,17,21). The van der Waals surface area contributed by atoms with Gasteiger partial charge in [-0.1, -0.05) is 24.3 Å². The Bertz CT molecular complexity index is 759. The number of nitrogens with zero attached hydrogens (tertiary/aromatic N) is 2. The quantitative estimate of drug-likeness (QED) is 0.594. The van der Waals surface area contributed by atoms with Crippen molar-refractivity contribution in [1.29, 1.82) is 0 Å². The van der Waals surface area contributed by atoms with Crippen LogP contribution in [0.4, 0.5) is 4.79 Å². The summed E-state index contributed by atoms with van der Waals surface area (Å²) >= 11 is 0. The van der Waals surface area contributed by atoms with Crippen molar-refractivity contribution in [3.63, 3.8) is 0 Å². The van der Waals surface area contributed by atoms with Gasteiger partial charge in [0.15, 0.2) is 0 Å². The molecule has 130 valence electrons. The molecule has 24 heavy (non-hydrogen) atoms. The fourth-order valence-electron chi connectivity index (χ4n) is 2.10. The predicted molar refractivity (Wildman–Crippen MR) is 90.9 cm³/mol. The number of sulfonamides is 1. The van der Waals surface area contributed by atoms with E-state index >= 15 is 0 Å². The van der Waals surface area contributed by atoms with E-state index in [0.29, 0.717) is 13.1 Å². The topological polar surface area (TPSA) is 105 Å². The molecule has 2 rings (SSSR count). The van der Waals surface area contributed by atoms with E-state index in [1.807, 2.05) is 41.2 Å². The lowest BCUT2D eigenvalue weighted by Crippen LogP contribution is -2.39. The summed E-state index contributed by atoms with van der Waals surface area (Å²) in [5.41, 5.74) is 2.07. The summed E-state index contributed by atoms with van der Waals surface area (Å²) in [6.07, 6.45) is 4.67. The highest BCUT2D eigenvalue weighted by Crippen LogP contribution is 2.10. The Hall–Kier alpha value is -2.39. The van der Waals surface area contributed by atoms with Crippen LogP contribution in [0.2, 0.25) is 0 Å². The Balaban J connectivity index is 1.80. The van der Waals surface area contributed by atoms with Crippen LogP contribution >= 0.6 is 0 Å². The van der Waals surface area contributed by atoms with Crippen molar-refractivity contribution < 1.29 is 13.2 Å². The summed E-state index contributed by atoms with van der Waals surface area (Å²) in [6.45, 7) is 1.38. The van der Waals surface area contributed by atoms with Crippen molar-refractivity contribution in [2.75, 3.05) is 19.3 Å². The van der Waals surface area contributed by atoms with E-state index in [-0.39, 0.29) is 19.1 Å². The van der Waals surface area contributed by atoms with Crippen LogP contribution in [-0.2, 0) is 23.1 Å². The molecule has 0 spiro atoms. The average molecular weight is 351 g/mol. The SMILES string of the molecule is CS(=O)(=O)NCCNC(=O)NCc1ccccc1Cn1cccn1. The second kappa shape index (κ2) is 8.46. The molecule has 9 heteroatoms. The smallest absolute Gasteiger partial charge is 0.315 e. The van der Waals surface area contributed by atoms with Gasteiger partial charge in [0, 0.05) is 32.0 Å². The molecule has 8 nitrogen and oxygen atoms in total. The molecule has 0 aliphatic carbocycles. The van der Waals surface area contributed by atoms with Crippen molar-refractivity contribution >= 4 is 16.1 Å². The Morgan fingerprint density at radius 2 is 1.88 bits per heavy atom. The lowest BCUT2D eigenvalue weighted by Gasteiger charge is -2.12. The third-order valence-corrected chi connectivity index (χ3v) is 3.95. The second-order valence-electron chi connectivity index (χ2n) is 5.25. The zero-order valence-corrected chi connectivity index (χ0v) is 14.2. The summed E-state index contributed by atoms with van der Waals surface area (Å²) in [6, 6.07) is 9.31. The summed E-state index contributed by atoms with van der Waals surface area (Å²) in [5, 5.41) is 9.53. The van der Waals surface area contributed by atoms with Gasteiger partial charge >= 0.3 is 6.03 Å². The van der Waals surface area contributed by atoms with Crippen LogP contribution in [-0.4, -0.2) is 43.6 Å². The van der Waals surface area contributed by atoms with Gasteiger partial charge < -0.3 is 10.6 Å². The Labute approximate surface area is 141 Å². The number of aromatic nitrogens is 2. The van der Waals surface area contributed by atoms with Gasteiger partial charge in [-0.3, -0.25) is 4.68 Å². The molecular formula is C15H21N5O3S. The minimum atomic E-state index is -3.24. The number of hydrogen-bond donors (Lipinski definition) is 3. The Morgan fingerprint density at radius 3 is 2.54 bits per heavy atom. The van der Waals surface area contributed by atoms with Crippen molar-refractivity contribution in [2.45, 2.75) is 13.1 Å². The first-order chi connectivity index (χ1) is 11.4. The minimum absolute atomic E-state index is 0.155. The normalized spacial score (nSPS) is 11.2. The molecule has 0 unspecified atom stereocenters. The van der Waals surface area contributed by atoms with Crippen LogP contribution in [0.3, 0.4) is 0 Å². The van der Waals surface area contributed by atoms with Gasteiger partial charge in [-0.05, 0) is 17.2 Å². The first kappa shape index (κ1) is 18.0. The fraction of sp³-hybridized carbons (Fsp3) is 0.333. The van der Waals surface area contributed by atoms with Crippen molar-refractivity contribution in [3.8, 4) is 0 Å². The van der Waals surface area contributed by atoms with Crippen molar-refractivity contribution in [3.05, 3.63) is 53.9 Å². The Morgan fingerprint density at radius 1 is 1.12 bits per heavy atom. The molecule has 0 atom stereocenters. The molecule has 0 aliphatic heterocycles. The molecule has 1 aromatic carbocycles. The number of benzene rings is 1. The van der Waals surface area contributed by atoms with Crippen LogP contribution in [0.25, 0.3) is 0 Å². The lowest BCUT2D eigenvalue weighted by atomic mass is 10.1. The zero-order valence-electron chi connectivity index (χ0n) is 13.4. The van der Waals surface area contributed by atoms with E-state index in [2.05, 4.69) is 20.5 Å². The van der Waals surface area contributed by atoms with E-state index < -0.39 is 10.0 Å². The molecule has 3 N–H and O–H groups in total. The third kappa shape index (κ3) is 6.39. The summed E-state index contributed by atoms with van der Waals surface area (Å²) in [5.74, 6) is 0. The molecule has 0 saturated heterocycles. The average Bonchev–Trinajstić information content (AvgIpc) is 3.03. The Kier molecular flexibility index (Phi) is 6.33. The van der Waals surface area contributed by atoms with E-state index in [1.165, 1.54) is 0 Å².